The van der Waals surface area contributed by atoms with Crippen molar-refractivity contribution in [3.8, 4) is 0 Å². The van der Waals surface area contributed by atoms with Crippen LogP contribution in [0.3, 0.4) is 0 Å². The lowest BCUT2D eigenvalue weighted by atomic mass is 9.73. The fourth-order valence-corrected chi connectivity index (χ4v) is 11.6. The Morgan fingerprint density at radius 1 is 0.625 bits per heavy atom. The van der Waals surface area contributed by atoms with Crippen LogP contribution in [0, 0.1) is 15.5 Å². The predicted octanol–water partition coefficient (Wildman–Crippen LogP) is 5.34. The first kappa shape index (κ1) is 30.7. The van der Waals surface area contributed by atoms with Crippen LogP contribution in [0.4, 0.5) is 5.69 Å². The highest BCUT2D eigenvalue weighted by Gasteiger charge is 2.67. The highest BCUT2D eigenvalue weighted by Crippen LogP contribution is 2.59. The number of allylic oxidation sites excluding steroid dienone is 1. The first-order valence-electron chi connectivity index (χ1n) is 15.0. The third kappa shape index (κ3) is 4.16. The van der Waals surface area contributed by atoms with Gasteiger partial charge in [0.05, 0.1) is 17.6 Å². The van der Waals surface area contributed by atoms with Gasteiger partial charge in [0.1, 0.15) is 0 Å². The van der Waals surface area contributed by atoms with Crippen LogP contribution in [0.1, 0.15) is 26.3 Å². The number of ketones is 3. The van der Waals surface area contributed by atoms with Crippen molar-refractivity contribution in [1.29, 1.82) is 0 Å². The second kappa shape index (κ2) is 11.7. The summed E-state index contributed by atoms with van der Waals surface area (Å²) in [5.41, 5.74) is -2.78. The maximum atomic E-state index is 15.8. The summed E-state index contributed by atoms with van der Waals surface area (Å²) in [6.07, 6.45) is 0. The first-order valence-corrected chi connectivity index (χ1v) is 16.8. The molecule has 0 saturated carbocycles. The molecule has 0 radical (unpaired) electrons. The minimum absolute atomic E-state index is 0.000749. The molecule has 0 bridgehead atoms. The van der Waals surface area contributed by atoms with Crippen LogP contribution in [-0.4, -0.2) is 40.6 Å². The standard InChI is InChI=1S/C39H26NO7P/c1-47-38(44)32-33(25-21-23-26(24-22-25)40(45)46)39(35(41)30-19-11-12-20-31(30)36(39)42)37(43)34(32)48(27-13-5-2-6-14-27,28-15-7-3-8-16-28)29-17-9-4-10-18-29/h2-24H,1H3. The Morgan fingerprint density at radius 3 is 1.44 bits per heavy atom. The predicted molar refractivity (Wildman–Crippen MR) is 185 cm³/mol. The van der Waals surface area contributed by atoms with E-state index < -0.39 is 40.5 Å². The van der Waals surface area contributed by atoms with E-state index in [-0.39, 0.29) is 38.8 Å². The van der Waals surface area contributed by atoms with Crippen molar-refractivity contribution in [2.75, 3.05) is 7.11 Å². The van der Waals surface area contributed by atoms with Crippen molar-refractivity contribution in [3.05, 3.63) is 172 Å². The smallest absolute Gasteiger partial charge is 0.339 e. The molecule has 9 heteroatoms. The third-order valence-corrected chi connectivity index (χ3v) is 13.4. The van der Waals surface area contributed by atoms with Crippen LogP contribution in [0.25, 0.3) is 5.57 Å². The van der Waals surface area contributed by atoms with Gasteiger partial charge in [0, 0.05) is 34.1 Å². The fourth-order valence-electron chi connectivity index (χ4n) is 7.05. The van der Waals surface area contributed by atoms with Crippen molar-refractivity contribution in [3.63, 3.8) is 0 Å². The van der Waals surface area contributed by atoms with Gasteiger partial charge in [-0.15, -0.1) is 0 Å². The highest BCUT2D eigenvalue weighted by molar-refractivity contribution is 7.97. The van der Waals surface area contributed by atoms with Gasteiger partial charge >= 0.3 is 5.97 Å². The average molecular weight is 652 g/mol. The number of nitro groups is 1. The van der Waals surface area contributed by atoms with E-state index in [1.54, 1.807) is 12.1 Å². The molecule has 0 atom stereocenters. The van der Waals surface area contributed by atoms with E-state index in [0.717, 1.165) is 0 Å². The van der Waals surface area contributed by atoms with Crippen molar-refractivity contribution < 1.29 is 28.8 Å². The van der Waals surface area contributed by atoms with E-state index in [9.17, 15) is 24.5 Å². The first-order chi connectivity index (χ1) is 23.3. The number of hydrogen-bond donors (Lipinski definition) is 0. The number of carbonyl (C=O) groups is 4. The summed E-state index contributed by atoms with van der Waals surface area (Å²) in [7, 11) is 1.18. The quantitative estimate of drug-likeness (QED) is 0.0800. The Kier molecular flexibility index (Phi) is 7.46. The Morgan fingerprint density at radius 2 is 1.04 bits per heavy atom. The summed E-state index contributed by atoms with van der Waals surface area (Å²) >= 11 is 0. The monoisotopic (exact) mass is 651 g/mol. The van der Waals surface area contributed by atoms with Gasteiger partial charge in [-0.2, -0.15) is 0 Å². The lowest BCUT2D eigenvalue weighted by Gasteiger charge is -2.32. The fraction of sp³-hybridized carbons (Fsp3) is 0.0513. The van der Waals surface area contributed by atoms with Crippen molar-refractivity contribution in [2.24, 2.45) is 5.41 Å². The van der Waals surface area contributed by atoms with Gasteiger partial charge in [-0.1, -0.05) is 115 Å². The summed E-state index contributed by atoms with van der Waals surface area (Å²) in [4.78, 5) is 70.7. The molecule has 0 fully saturated rings. The number of rotatable bonds is 6. The zero-order valence-corrected chi connectivity index (χ0v) is 26.4. The molecule has 5 aromatic carbocycles. The van der Waals surface area contributed by atoms with Crippen LogP contribution >= 0.6 is 6.89 Å². The molecule has 8 nitrogen and oxygen atoms in total. The number of esters is 1. The Balaban J connectivity index is 1.78. The minimum Gasteiger partial charge on any atom is -0.465 e. The van der Waals surface area contributed by atoms with Gasteiger partial charge in [-0.05, 0) is 40.5 Å². The number of nitrogens with zero attached hydrogens (tertiary/aromatic N) is 1. The van der Waals surface area contributed by atoms with E-state index in [2.05, 4.69) is 0 Å². The van der Waals surface area contributed by atoms with Gasteiger partial charge in [0.2, 0.25) is 0 Å². The Labute approximate surface area is 275 Å². The normalized spacial score (nSPS) is 15.2. The molecule has 0 aromatic heterocycles. The number of ether oxygens (including phenoxy) is 1. The molecule has 48 heavy (non-hydrogen) atoms. The second-order valence-corrected chi connectivity index (χ2v) is 14.7. The third-order valence-electron chi connectivity index (χ3n) is 9.04. The molecule has 0 heterocycles. The van der Waals surface area contributed by atoms with E-state index in [0.29, 0.717) is 15.9 Å². The van der Waals surface area contributed by atoms with Gasteiger partial charge < -0.3 is 4.74 Å². The molecule has 5 aromatic rings. The number of carbonyl (C=O) groups excluding carboxylic acids is 4. The molecule has 1 spiro atoms. The zero-order valence-electron chi connectivity index (χ0n) is 25.5. The van der Waals surface area contributed by atoms with E-state index in [1.807, 2.05) is 91.0 Å². The van der Waals surface area contributed by atoms with E-state index in [4.69, 9.17) is 4.74 Å². The number of fused-ring (bicyclic) bond motifs is 1. The lowest BCUT2D eigenvalue weighted by Crippen LogP contribution is -2.44. The summed E-state index contributed by atoms with van der Waals surface area (Å²) in [5.74, 6) is -3.24. The summed E-state index contributed by atoms with van der Waals surface area (Å²) in [5, 5.41) is 13.8. The van der Waals surface area contributed by atoms with Crippen LogP contribution in [-0.2, 0) is 14.3 Å². The lowest BCUT2D eigenvalue weighted by molar-refractivity contribution is -0.384. The van der Waals surface area contributed by atoms with Gasteiger partial charge in [-0.25, -0.2) is 4.79 Å². The summed E-state index contributed by atoms with van der Waals surface area (Å²) in [6.45, 7) is -3.39. The average Bonchev–Trinajstić information content (AvgIpc) is 3.54. The number of non-ortho nitro benzene ring substituents is 1. The molecule has 0 saturated heterocycles. The molecule has 0 aliphatic heterocycles. The summed E-state index contributed by atoms with van der Waals surface area (Å²) < 4.78 is 5.40. The molecular weight excluding hydrogens is 625 g/mol. The maximum absolute atomic E-state index is 15.8. The van der Waals surface area contributed by atoms with Gasteiger partial charge in [-0.3, -0.25) is 24.5 Å². The number of nitro benzene ring substituents is 1. The SMILES string of the molecule is COC(=O)C1=C(c2ccc([N+](=O)[O-])cc2)C2(C(=O)C1=P(c1ccccc1)(c1ccccc1)c1ccccc1)C(=O)c1ccccc1C2=O. The highest BCUT2D eigenvalue weighted by atomic mass is 31.2. The Hall–Kier alpha value is -5.98. The van der Waals surface area contributed by atoms with Crippen molar-refractivity contribution in [2.45, 2.75) is 0 Å². The van der Waals surface area contributed by atoms with Gasteiger partial charge in [0.15, 0.2) is 22.8 Å². The van der Waals surface area contributed by atoms with Crippen LogP contribution < -0.4 is 15.9 Å². The van der Waals surface area contributed by atoms with E-state index >= 15 is 4.79 Å². The number of hydrogen-bond acceptors (Lipinski definition) is 7. The molecule has 2 aliphatic carbocycles. The van der Waals surface area contributed by atoms with E-state index in [1.165, 1.54) is 43.5 Å². The molecule has 0 unspecified atom stereocenters. The molecule has 7 rings (SSSR count). The maximum Gasteiger partial charge on any atom is 0.339 e. The molecule has 2 aliphatic rings. The van der Waals surface area contributed by atoms with Crippen LogP contribution in [0.5, 0.6) is 0 Å². The summed E-state index contributed by atoms with van der Waals surface area (Å²) in [6, 6.07) is 39.2. The number of Topliss-reactive ketones (excluding diaryl/α,β-unsaturated/α-hetero) is 3. The largest absolute Gasteiger partial charge is 0.465 e. The topological polar surface area (TPSA) is 121 Å². The second-order valence-electron chi connectivity index (χ2n) is 11.4. The van der Waals surface area contributed by atoms with Crippen molar-refractivity contribution in [1.82, 2.24) is 0 Å². The molecule has 0 amide bonds. The molecule has 0 N–H and O–H groups in total. The Bertz CT molecular complexity index is 2120. The number of benzene rings is 5. The molecular formula is C39H26NO7P. The van der Waals surface area contributed by atoms with Crippen LogP contribution in [0.2, 0.25) is 0 Å². The minimum atomic E-state index is -3.39. The van der Waals surface area contributed by atoms with Gasteiger partial charge in [0.25, 0.3) is 5.69 Å². The van der Waals surface area contributed by atoms with Crippen molar-refractivity contribution >= 4 is 62.7 Å². The molecule has 234 valence electrons. The number of methoxy groups -OCH3 is 1. The zero-order chi connectivity index (χ0) is 33.6. The van der Waals surface area contributed by atoms with Crippen LogP contribution in [0.15, 0.2) is 145 Å².